The van der Waals surface area contributed by atoms with Crippen molar-refractivity contribution in [3.05, 3.63) is 34.1 Å². The normalized spacial score (nSPS) is 18.2. The van der Waals surface area contributed by atoms with Crippen LogP contribution in [-0.4, -0.2) is 48.3 Å². The Bertz CT molecular complexity index is 548. The van der Waals surface area contributed by atoms with Gasteiger partial charge in [-0.1, -0.05) is 6.07 Å². The van der Waals surface area contributed by atoms with Gasteiger partial charge in [0.2, 0.25) is 5.91 Å². The van der Waals surface area contributed by atoms with Crippen molar-refractivity contribution in [2.75, 3.05) is 20.6 Å². The molecule has 108 valence electrons. The van der Waals surface area contributed by atoms with Gasteiger partial charge in [-0.25, -0.2) is 4.39 Å². The third-order valence-corrected chi connectivity index (χ3v) is 4.23. The lowest BCUT2D eigenvalue weighted by molar-refractivity contribution is -0.132. The molecule has 1 aromatic rings. The second-order valence-corrected chi connectivity index (χ2v) is 5.78. The maximum Gasteiger partial charge on any atom is 0.255 e. The van der Waals surface area contributed by atoms with E-state index in [1.165, 1.54) is 21.9 Å². The fourth-order valence-electron chi connectivity index (χ4n) is 2.39. The van der Waals surface area contributed by atoms with Crippen LogP contribution in [0.15, 0.2) is 22.7 Å². The van der Waals surface area contributed by atoms with Gasteiger partial charge in [-0.15, -0.1) is 0 Å². The van der Waals surface area contributed by atoms with E-state index in [0.29, 0.717) is 13.0 Å². The molecule has 0 aliphatic carbocycles. The van der Waals surface area contributed by atoms with Crippen LogP contribution in [0.25, 0.3) is 0 Å². The molecule has 0 saturated carbocycles. The molecular weight excluding hydrogens is 327 g/mol. The van der Waals surface area contributed by atoms with Gasteiger partial charge in [0.1, 0.15) is 11.9 Å². The SMILES string of the molecule is CN(C)C(=O)C1CCCN1C(=O)c1cccc(F)c1Br. The van der Waals surface area contributed by atoms with Gasteiger partial charge in [0.05, 0.1) is 10.0 Å². The van der Waals surface area contributed by atoms with Crippen molar-refractivity contribution < 1.29 is 14.0 Å². The maximum absolute atomic E-state index is 13.5. The first-order valence-electron chi connectivity index (χ1n) is 6.39. The smallest absolute Gasteiger partial charge is 0.255 e. The lowest BCUT2D eigenvalue weighted by atomic mass is 10.1. The van der Waals surface area contributed by atoms with Gasteiger partial charge in [0.25, 0.3) is 5.91 Å². The summed E-state index contributed by atoms with van der Waals surface area (Å²) in [6.07, 6.45) is 1.43. The van der Waals surface area contributed by atoms with Crippen molar-refractivity contribution in [3.8, 4) is 0 Å². The Morgan fingerprint density at radius 2 is 2.10 bits per heavy atom. The molecule has 1 heterocycles. The van der Waals surface area contributed by atoms with E-state index < -0.39 is 11.9 Å². The standard InChI is InChI=1S/C14H16BrFN2O2/c1-17(2)14(20)11-7-4-8-18(11)13(19)9-5-3-6-10(16)12(9)15/h3,5-6,11H,4,7-8H2,1-2H3. The number of carbonyl (C=O) groups excluding carboxylic acids is 2. The minimum atomic E-state index is -0.481. The monoisotopic (exact) mass is 342 g/mol. The van der Waals surface area contributed by atoms with E-state index in [1.54, 1.807) is 20.2 Å². The predicted octanol–water partition coefficient (Wildman–Crippen LogP) is 2.28. The van der Waals surface area contributed by atoms with Crippen LogP contribution >= 0.6 is 15.9 Å². The highest BCUT2D eigenvalue weighted by atomic mass is 79.9. The summed E-state index contributed by atoms with van der Waals surface area (Å²) >= 11 is 3.10. The number of carbonyl (C=O) groups is 2. The van der Waals surface area contributed by atoms with E-state index in [9.17, 15) is 14.0 Å². The first-order chi connectivity index (χ1) is 9.43. The Hall–Kier alpha value is -1.43. The first kappa shape index (κ1) is 15.0. The van der Waals surface area contributed by atoms with Crippen molar-refractivity contribution in [1.29, 1.82) is 0 Å². The van der Waals surface area contributed by atoms with E-state index in [1.807, 2.05) is 0 Å². The molecule has 0 radical (unpaired) electrons. The van der Waals surface area contributed by atoms with Gasteiger partial charge in [-0.05, 0) is 40.9 Å². The average Bonchev–Trinajstić information content (AvgIpc) is 2.89. The summed E-state index contributed by atoms with van der Waals surface area (Å²) in [7, 11) is 3.34. The largest absolute Gasteiger partial charge is 0.347 e. The molecule has 0 bridgehead atoms. The molecule has 6 heteroatoms. The number of nitrogens with zero attached hydrogens (tertiary/aromatic N) is 2. The third kappa shape index (κ3) is 2.70. The minimum absolute atomic E-state index is 0.0941. The van der Waals surface area contributed by atoms with Crippen molar-refractivity contribution in [2.24, 2.45) is 0 Å². The molecule has 1 fully saturated rings. The van der Waals surface area contributed by atoms with E-state index in [-0.39, 0.29) is 21.9 Å². The molecule has 1 aliphatic heterocycles. The van der Waals surface area contributed by atoms with E-state index in [2.05, 4.69) is 15.9 Å². The molecule has 0 N–H and O–H groups in total. The van der Waals surface area contributed by atoms with Gasteiger partial charge < -0.3 is 9.80 Å². The van der Waals surface area contributed by atoms with Crippen LogP contribution in [0.4, 0.5) is 4.39 Å². The highest BCUT2D eigenvalue weighted by Crippen LogP contribution is 2.26. The molecule has 0 aromatic heterocycles. The molecule has 1 unspecified atom stereocenters. The van der Waals surface area contributed by atoms with Crippen molar-refractivity contribution >= 4 is 27.7 Å². The third-order valence-electron chi connectivity index (χ3n) is 3.42. The fourth-order valence-corrected chi connectivity index (χ4v) is 2.82. The van der Waals surface area contributed by atoms with Crippen LogP contribution < -0.4 is 0 Å². The Morgan fingerprint density at radius 3 is 2.75 bits per heavy atom. The number of likely N-dealkylation sites (N-methyl/N-ethyl adjacent to an activating group) is 1. The zero-order valence-corrected chi connectivity index (χ0v) is 13.0. The van der Waals surface area contributed by atoms with Gasteiger partial charge in [-0.2, -0.15) is 0 Å². The number of hydrogen-bond donors (Lipinski definition) is 0. The van der Waals surface area contributed by atoms with Crippen LogP contribution in [0, 0.1) is 5.82 Å². The van der Waals surface area contributed by atoms with Gasteiger partial charge in [-0.3, -0.25) is 9.59 Å². The predicted molar refractivity (Wildman–Crippen MR) is 76.9 cm³/mol. The van der Waals surface area contributed by atoms with Gasteiger partial charge in [0, 0.05) is 20.6 Å². The van der Waals surface area contributed by atoms with Crippen molar-refractivity contribution in [1.82, 2.24) is 9.80 Å². The Balaban J connectivity index is 2.28. The highest BCUT2D eigenvalue weighted by Gasteiger charge is 2.36. The highest BCUT2D eigenvalue weighted by molar-refractivity contribution is 9.10. The van der Waals surface area contributed by atoms with E-state index in [0.717, 1.165) is 6.42 Å². The number of benzene rings is 1. The van der Waals surface area contributed by atoms with Crippen LogP contribution in [0.1, 0.15) is 23.2 Å². The Kier molecular flexibility index (Phi) is 4.42. The molecule has 2 rings (SSSR count). The van der Waals surface area contributed by atoms with Crippen LogP contribution in [0.3, 0.4) is 0 Å². The Labute approximate surface area is 125 Å². The topological polar surface area (TPSA) is 40.6 Å². The van der Waals surface area contributed by atoms with Crippen LogP contribution in [-0.2, 0) is 4.79 Å². The summed E-state index contributed by atoms with van der Waals surface area (Å²) in [5, 5.41) is 0. The minimum Gasteiger partial charge on any atom is -0.347 e. The first-order valence-corrected chi connectivity index (χ1v) is 7.19. The van der Waals surface area contributed by atoms with Gasteiger partial charge in [0.15, 0.2) is 0 Å². The average molecular weight is 343 g/mol. The Morgan fingerprint density at radius 1 is 1.40 bits per heavy atom. The molecule has 1 aromatic carbocycles. The molecule has 0 spiro atoms. The van der Waals surface area contributed by atoms with E-state index >= 15 is 0 Å². The van der Waals surface area contributed by atoms with Crippen molar-refractivity contribution in [2.45, 2.75) is 18.9 Å². The zero-order valence-electron chi connectivity index (χ0n) is 11.4. The summed E-state index contributed by atoms with van der Waals surface area (Å²) in [6, 6.07) is 3.89. The molecule has 1 saturated heterocycles. The molecule has 20 heavy (non-hydrogen) atoms. The number of amides is 2. The second-order valence-electron chi connectivity index (χ2n) is 4.99. The summed E-state index contributed by atoms with van der Waals surface area (Å²) < 4.78 is 13.7. The number of hydrogen-bond acceptors (Lipinski definition) is 2. The summed E-state index contributed by atoms with van der Waals surface area (Å²) in [5.41, 5.74) is 0.253. The molecule has 1 aliphatic rings. The molecular formula is C14H16BrFN2O2. The molecule has 1 atom stereocenters. The lowest BCUT2D eigenvalue weighted by Gasteiger charge is -2.26. The van der Waals surface area contributed by atoms with Crippen LogP contribution in [0.5, 0.6) is 0 Å². The van der Waals surface area contributed by atoms with Crippen LogP contribution in [0.2, 0.25) is 0 Å². The summed E-state index contributed by atoms with van der Waals surface area (Å²) in [5.74, 6) is -0.886. The summed E-state index contributed by atoms with van der Waals surface area (Å²) in [6.45, 7) is 0.520. The second kappa shape index (κ2) is 5.91. The number of likely N-dealkylation sites (tertiary alicyclic amines) is 1. The zero-order chi connectivity index (χ0) is 14.9. The molecule has 4 nitrogen and oxygen atoms in total. The van der Waals surface area contributed by atoms with Crippen molar-refractivity contribution in [3.63, 3.8) is 0 Å². The quantitative estimate of drug-likeness (QED) is 0.827. The summed E-state index contributed by atoms with van der Waals surface area (Å²) in [4.78, 5) is 27.6. The maximum atomic E-state index is 13.5. The number of halogens is 2. The lowest BCUT2D eigenvalue weighted by Crippen LogP contribution is -2.45. The fraction of sp³-hybridized carbons (Fsp3) is 0.429. The van der Waals surface area contributed by atoms with E-state index in [4.69, 9.17) is 0 Å². The number of rotatable bonds is 2. The molecule has 2 amide bonds. The van der Waals surface area contributed by atoms with Gasteiger partial charge >= 0.3 is 0 Å².